The Kier molecular flexibility index (Phi) is 5.70. The summed E-state index contributed by atoms with van der Waals surface area (Å²) in [6.45, 7) is 1.00. The second-order valence-corrected chi connectivity index (χ2v) is 5.65. The minimum atomic E-state index is -0.0326. The van der Waals surface area contributed by atoms with Gasteiger partial charge in [-0.15, -0.1) is 0 Å². The molecule has 3 aromatic rings. The van der Waals surface area contributed by atoms with E-state index in [0.717, 1.165) is 11.4 Å². The highest BCUT2D eigenvalue weighted by atomic mass is 35.5. The number of rotatable bonds is 8. The average molecular weight is 363 g/mol. The van der Waals surface area contributed by atoms with E-state index in [9.17, 15) is 5.11 Å². The number of hydrogen-bond donors (Lipinski definition) is 2. The van der Waals surface area contributed by atoms with Crippen LogP contribution in [-0.4, -0.2) is 46.6 Å². The van der Waals surface area contributed by atoms with E-state index in [1.54, 1.807) is 23.9 Å². The zero-order valence-electron chi connectivity index (χ0n) is 13.8. The highest BCUT2D eigenvalue weighted by Crippen LogP contribution is 2.28. The molecule has 0 fully saturated rings. The summed E-state index contributed by atoms with van der Waals surface area (Å²) in [7, 11) is 1.64. The fraction of sp³-hybridized carbons (Fsp3) is 0.294. The summed E-state index contributed by atoms with van der Waals surface area (Å²) in [5.74, 6) is 1.44. The Bertz CT molecular complexity index is 836. The Hall–Kier alpha value is -2.35. The van der Waals surface area contributed by atoms with Gasteiger partial charge < -0.3 is 19.9 Å². The Labute approximate surface area is 150 Å². The van der Waals surface area contributed by atoms with Gasteiger partial charge in [-0.2, -0.15) is 9.61 Å². The van der Waals surface area contributed by atoms with E-state index in [1.807, 2.05) is 24.3 Å². The summed E-state index contributed by atoms with van der Waals surface area (Å²) in [5.41, 5.74) is 2.19. The number of aliphatic hydroxyl groups excluding tert-OH is 1. The zero-order chi connectivity index (χ0) is 17.6. The largest absolute Gasteiger partial charge is 0.491 e. The first-order valence-corrected chi connectivity index (χ1v) is 8.22. The number of aliphatic hydroxyl groups is 1. The van der Waals surface area contributed by atoms with Crippen molar-refractivity contribution in [3.05, 3.63) is 47.2 Å². The van der Waals surface area contributed by atoms with Gasteiger partial charge in [0, 0.05) is 37.5 Å². The minimum absolute atomic E-state index is 0.0326. The molecule has 0 amide bonds. The summed E-state index contributed by atoms with van der Waals surface area (Å²) in [6.07, 6.45) is 2.03. The Morgan fingerprint density at radius 1 is 1.20 bits per heavy atom. The van der Waals surface area contributed by atoms with Crippen molar-refractivity contribution in [2.75, 3.05) is 32.2 Å². The molecule has 25 heavy (non-hydrogen) atoms. The molecule has 0 saturated carbocycles. The number of nitrogens with zero attached hydrogens (tertiary/aromatic N) is 3. The molecule has 2 heterocycles. The second kappa shape index (κ2) is 8.15. The van der Waals surface area contributed by atoms with Crippen molar-refractivity contribution < 1.29 is 14.6 Å². The highest BCUT2D eigenvalue weighted by Gasteiger charge is 2.14. The molecule has 132 valence electrons. The van der Waals surface area contributed by atoms with Gasteiger partial charge >= 0.3 is 0 Å². The SMILES string of the molecule is COCCOc1ccc(Nc2c(CCO)c(Cl)nc3ccnn23)cc1. The summed E-state index contributed by atoms with van der Waals surface area (Å²) in [4.78, 5) is 4.30. The molecule has 0 radical (unpaired) electrons. The van der Waals surface area contributed by atoms with Crippen molar-refractivity contribution in [2.45, 2.75) is 6.42 Å². The van der Waals surface area contributed by atoms with Crippen LogP contribution in [0.15, 0.2) is 36.5 Å². The summed E-state index contributed by atoms with van der Waals surface area (Å²) in [6, 6.07) is 9.30. The molecule has 1 aromatic carbocycles. The molecule has 0 aliphatic carbocycles. The molecule has 0 atom stereocenters. The lowest BCUT2D eigenvalue weighted by Crippen LogP contribution is -2.08. The molecule has 0 bridgehead atoms. The monoisotopic (exact) mass is 362 g/mol. The van der Waals surface area contributed by atoms with Crippen molar-refractivity contribution >= 4 is 28.8 Å². The number of nitrogens with one attached hydrogen (secondary N) is 1. The standard InChI is InChI=1S/C17H19ClN4O3/c1-24-10-11-25-13-4-2-12(3-5-13)20-17-14(7-9-23)16(18)21-15-6-8-19-22(15)17/h2-6,8,20,23H,7,9-11H2,1H3. The van der Waals surface area contributed by atoms with Gasteiger partial charge in [-0.3, -0.25) is 0 Å². The van der Waals surface area contributed by atoms with Gasteiger partial charge in [-0.05, 0) is 24.3 Å². The fourth-order valence-electron chi connectivity index (χ4n) is 2.42. The number of hydrogen-bond acceptors (Lipinski definition) is 6. The van der Waals surface area contributed by atoms with Crippen LogP contribution in [0, 0.1) is 0 Å². The van der Waals surface area contributed by atoms with Crippen LogP contribution in [0.4, 0.5) is 11.5 Å². The van der Waals surface area contributed by atoms with Gasteiger partial charge in [0.1, 0.15) is 23.3 Å². The van der Waals surface area contributed by atoms with Crippen molar-refractivity contribution in [3.63, 3.8) is 0 Å². The zero-order valence-corrected chi connectivity index (χ0v) is 14.5. The van der Waals surface area contributed by atoms with Gasteiger partial charge in [0.25, 0.3) is 0 Å². The van der Waals surface area contributed by atoms with E-state index < -0.39 is 0 Å². The molecule has 3 rings (SSSR count). The summed E-state index contributed by atoms with van der Waals surface area (Å²) in [5, 5.41) is 17.3. The third-order valence-corrected chi connectivity index (χ3v) is 3.93. The topological polar surface area (TPSA) is 80.9 Å². The third kappa shape index (κ3) is 4.01. The first kappa shape index (κ1) is 17.5. The van der Waals surface area contributed by atoms with Crippen LogP contribution in [0.25, 0.3) is 5.65 Å². The lowest BCUT2D eigenvalue weighted by molar-refractivity contribution is 0.146. The number of ether oxygens (including phenoxy) is 2. The normalized spacial score (nSPS) is 11.0. The molecule has 2 aromatic heterocycles. The van der Waals surface area contributed by atoms with E-state index in [4.69, 9.17) is 21.1 Å². The quantitative estimate of drug-likeness (QED) is 0.473. The molecular formula is C17H19ClN4O3. The number of benzene rings is 1. The molecule has 0 saturated heterocycles. The van der Waals surface area contributed by atoms with Crippen molar-refractivity contribution in [1.29, 1.82) is 0 Å². The van der Waals surface area contributed by atoms with Crippen LogP contribution in [0.2, 0.25) is 5.15 Å². The smallest absolute Gasteiger partial charge is 0.159 e. The van der Waals surface area contributed by atoms with Crippen molar-refractivity contribution in [1.82, 2.24) is 14.6 Å². The number of anilines is 2. The fourth-order valence-corrected chi connectivity index (χ4v) is 2.69. The predicted molar refractivity (Wildman–Crippen MR) is 95.9 cm³/mol. The van der Waals surface area contributed by atoms with E-state index >= 15 is 0 Å². The maximum Gasteiger partial charge on any atom is 0.159 e. The van der Waals surface area contributed by atoms with Crippen LogP contribution < -0.4 is 10.1 Å². The lowest BCUT2D eigenvalue weighted by atomic mass is 10.2. The Morgan fingerprint density at radius 3 is 2.72 bits per heavy atom. The molecule has 7 nitrogen and oxygen atoms in total. The van der Waals surface area contributed by atoms with E-state index in [0.29, 0.717) is 41.8 Å². The number of fused-ring (bicyclic) bond motifs is 1. The number of methoxy groups -OCH3 is 1. The average Bonchev–Trinajstić information content (AvgIpc) is 3.07. The number of halogens is 1. The van der Waals surface area contributed by atoms with Crippen LogP contribution in [0.3, 0.4) is 0 Å². The van der Waals surface area contributed by atoms with E-state index in [1.165, 1.54) is 0 Å². The van der Waals surface area contributed by atoms with Gasteiger partial charge in [0.2, 0.25) is 0 Å². The third-order valence-electron chi connectivity index (χ3n) is 3.62. The van der Waals surface area contributed by atoms with Crippen LogP contribution in [0.1, 0.15) is 5.56 Å². The highest BCUT2D eigenvalue weighted by molar-refractivity contribution is 6.30. The molecule has 0 spiro atoms. The summed E-state index contributed by atoms with van der Waals surface area (Å²) < 4.78 is 12.2. The molecule has 8 heteroatoms. The summed E-state index contributed by atoms with van der Waals surface area (Å²) >= 11 is 6.27. The van der Waals surface area contributed by atoms with Crippen molar-refractivity contribution in [3.8, 4) is 5.75 Å². The maximum absolute atomic E-state index is 9.33. The van der Waals surface area contributed by atoms with Crippen LogP contribution >= 0.6 is 11.6 Å². The first-order valence-electron chi connectivity index (χ1n) is 7.84. The van der Waals surface area contributed by atoms with Gasteiger partial charge in [0.15, 0.2) is 5.65 Å². The molecule has 2 N–H and O–H groups in total. The Morgan fingerprint density at radius 2 is 2.00 bits per heavy atom. The second-order valence-electron chi connectivity index (χ2n) is 5.30. The molecule has 0 aliphatic rings. The van der Waals surface area contributed by atoms with E-state index in [2.05, 4.69) is 15.4 Å². The number of aromatic nitrogens is 3. The lowest BCUT2D eigenvalue weighted by Gasteiger charge is -2.15. The van der Waals surface area contributed by atoms with Crippen LogP contribution in [-0.2, 0) is 11.2 Å². The molecular weight excluding hydrogens is 344 g/mol. The Balaban J connectivity index is 1.86. The first-order chi connectivity index (χ1) is 12.2. The predicted octanol–water partition coefficient (Wildman–Crippen LogP) is 2.69. The van der Waals surface area contributed by atoms with Crippen molar-refractivity contribution in [2.24, 2.45) is 0 Å². The van der Waals surface area contributed by atoms with Gasteiger partial charge in [-0.1, -0.05) is 11.6 Å². The molecule has 0 aliphatic heterocycles. The van der Waals surface area contributed by atoms with Gasteiger partial charge in [-0.25, -0.2) is 4.98 Å². The van der Waals surface area contributed by atoms with Crippen LogP contribution in [0.5, 0.6) is 5.75 Å². The molecule has 0 unspecified atom stereocenters. The maximum atomic E-state index is 9.33. The minimum Gasteiger partial charge on any atom is -0.491 e. The van der Waals surface area contributed by atoms with E-state index in [-0.39, 0.29) is 6.61 Å². The van der Waals surface area contributed by atoms with Gasteiger partial charge in [0.05, 0.1) is 12.8 Å².